The van der Waals surface area contributed by atoms with E-state index in [9.17, 15) is 8.78 Å². The van der Waals surface area contributed by atoms with Crippen LogP contribution >= 0.6 is 23.3 Å². The maximum absolute atomic E-state index is 12.5. The summed E-state index contributed by atoms with van der Waals surface area (Å²) in [4.78, 5) is 14.5. The Morgan fingerprint density at radius 1 is 1.50 bits per heavy atom. The number of hydrogen-bond acceptors (Lipinski definition) is 8. The summed E-state index contributed by atoms with van der Waals surface area (Å²) in [5, 5.41) is 3.55. The van der Waals surface area contributed by atoms with E-state index in [1.807, 2.05) is 17.3 Å². The van der Waals surface area contributed by atoms with Gasteiger partial charge in [-0.05, 0) is 25.2 Å². The lowest BCUT2D eigenvalue weighted by molar-refractivity contribution is 0.160. The lowest BCUT2D eigenvalue weighted by Crippen LogP contribution is -2.33. The van der Waals surface area contributed by atoms with E-state index in [-0.39, 0.29) is 0 Å². The zero-order valence-electron chi connectivity index (χ0n) is 15.2. The summed E-state index contributed by atoms with van der Waals surface area (Å²) < 4.78 is 28.6. The monoisotopic (exact) mass is 424 g/mol. The molecule has 3 aliphatic rings. The zero-order valence-corrected chi connectivity index (χ0v) is 16.9. The molecule has 0 spiro atoms. The SMILES string of the molecule is NC=C(C=NC(F)F)C1=C2CC(CNSC3CC3)CN2C(c2nccs2)=NC1. The molecule has 0 aromatic carbocycles. The van der Waals surface area contributed by atoms with E-state index in [0.29, 0.717) is 18.0 Å². The fourth-order valence-electron chi connectivity index (χ4n) is 3.39. The predicted octanol–water partition coefficient (Wildman–Crippen LogP) is 3.02. The van der Waals surface area contributed by atoms with Gasteiger partial charge in [0.2, 0.25) is 0 Å². The van der Waals surface area contributed by atoms with Gasteiger partial charge in [0.25, 0.3) is 0 Å². The van der Waals surface area contributed by atoms with Crippen LogP contribution in [0, 0.1) is 5.92 Å². The summed E-state index contributed by atoms with van der Waals surface area (Å²) in [6.07, 6.45) is 7.69. The fraction of sp³-hybridized carbons (Fsp3) is 0.500. The predicted molar refractivity (Wildman–Crippen MR) is 111 cm³/mol. The molecule has 10 heteroatoms. The molecule has 150 valence electrons. The molecule has 28 heavy (non-hydrogen) atoms. The highest BCUT2D eigenvalue weighted by molar-refractivity contribution is 7.98. The Balaban J connectivity index is 1.57. The van der Waals surface area contributed by atoms with Crippen LogP contribution in [0.5, 0.6) is 0 Å². The minimum Gasteiger partial charge on any atom is -0.404 e. The van der Waals surface area contributed by atoms with Gasteiger partial charge in [-0.2, -0.15) is 8.78 Å². The molecule has 1 aromatic heterocycles. The number of nitrogens with zero attached hydrogens (tertiary/aromatic N) is 4. The Kier molecular flexibility index (Phi) is 6.07. The third-order valence-corrected chi connectivity index (χ3v) is 6.77. The van der Waals surface area contributed by atoms with Gasteiger partial charge in [0.15, 0.2) is 10.8 Å². The Bertz CT molecular complexity index is 814. The summed E-state index contributed by atoms with van der Waals surface area (Å²) in [5.74, 6) is 1.26. The molecule has 1 unspecified atom stereocenters. The van der Waals surface area contributed by atoms with Gasteiger partial charge in [-0.25, -0.2) is 9.98 Å². The maximum Gasteiger partial charge on any atom is 0.331 e. The number of amidine groups is 1. The highest BCUT2D eigenvalue weighted by atomic mass is 32.2. The number of alkyl halides is 2. The van der Waals surface area contributed by atoms with Crippen molar-refractivity contribution >= 4 is 35.3 Å². The average molecular weight is 425 g/mol. The molecule has 4 rings (SSSR count). The van der Waals surface area contributed by atoms with Gasteiger partial charge in [-0.15, -0.1) is 11.3 Å². The molecule has 3 N–H and O–H groups in total. The summed E-state index contributed by atoms with van der Waals surface area (Å²) in [6.45, 7) is -0.656. The smallest absolute Gasteiger partial charge is 0.331 e. The van der Waals surface area contributed by atoms with E-state index in [4.69, 9.17) is 10.7 Å². The Labute approximate surface area is 170 Å². The summed E-state index contributed by atoms with van der Waals surface area (Å²) >= 11 is 3.37. The number of aromatic nitrogens is 1. The first-order valence-electron chi connectivity index (χ1n) is 9.21. The zero-order chi connectivity index (χ0) is 19.5. The van der Waals surface area contributed by atoms with E-state index in [1.165, 1.54) is 19.0 Å². The van der Waals surface area contributed by atoms with Crippen molar-refractivity contribution in [1.29, 1.82) is 0 Å². The molecule has 1 saturated carbocycles. The topological polar surface area (TPSA) is 78.9 Å². The summed E-state index contributed by atoms with van der Waals surface area (Å²) in [5.41, 5.74) is 8.18. The Morgan fingerprint density at radius 3 is 3.04 bits per heavy atom. The molecule has 1 aliphatic carbocycles. The first kappa shape index (κ1) is 19.5. The van der Waals surface area contributed by atoms with Crippen LogP contribution in [-0.2, 0) is 0 Å². The normalized spacial score (nSPS) is 23.1. The largest absolute Gasteiger partial charge is 0.404 e. The highest BCUT2D eigenvalue weighted by Crippen LogP contribution is 2.37. The van der Waals surface area contributed by atoms with Gasteiger partial charge in [-0.3, -0.25) is 9.71 Å². The van der Waals surface area contributed by atoms with Crippen molar-refractivity contribution < 1.29 is 8.78 Å². The first-order chi connectivity index (χ1) is 13.7. The maximum atomic E-state index is 12.5. The van der Waals surface area contributed by atoms with Crippen LogP contribution < -0.4 is 10.5 Å². The molecule has 0 radical (unpaired) electrons. The van der Waals surface area contributed by atoms with E-state index in [1.54, 1.807) is 17.5 Å². The number of nitrogens with one attached hydrogen (secondary N) is 1. The fourth-order valence-corrected chi connectivity index (χ4v) is 4.98. The quantitative estimate of drug-likeness (QED) is 0.381. The van der Waals surface area contributed by atoms with Crippen molar-refractivity contribution in [2.45, 2.75) is 31.1 Å². The standard InChI is InChI=1S/C18H22F2N6S2/c19-18(20)24-8-12(6-21)14-9-23-16(17-22-3-4-27-17)26-10-11(5-15(14)26)7-25-28-13-1-2-13/h3-4,6,8,11,13,18,25H,1-2,5,7,9-10,21H2. The number of thiazole rings is 1. The van der Waals surface area contributed by atoms with Gasteiger partial charge >= 0.3 is 6.55 Å². The third-order valence-electron chi connectivity index (χ3n) is 4.86. The minimum absolute atomic E-state index is 0.385. The minimum atomic E-state index is -2.76. The first-order valence-corrected chi connectivity index (χ1v) is 11.0. The summed E-state index contributed by atoms with van der Waals surface area (Å²) in [6, 6.07) is 0. The van der Waals surface area contributed by atoms with Crippen molar-refractivity contribution in [2.24, 2.45) is 21.6 Å². The molecule has 3 heterocycles. The molecule has 0 amide bonds. The molecule has 2 aliphatic heterocycles. The molecule has 1 saturated heterocycles. The van der Waals surface area contributed by atoms with E-state index in [0.717, 1.165) is 53.1 Å². The van der Waals surface area contributed by atoms with Gasteiger partial charge in [0, 0.05) is 59.2 Å². The second-order valence-corrected chi connectivity index (χ2v) is 9.01. The van der Waals surface area contributed by atoms with Crippen LogP contribution in [0.1, 0.15) is 24.3 Å². The number of allylic oxidation sites excluding steroid dienone is 1. The van der Waals surface area contributed by atoms with Crippen molar-refractivity contribution in [3.63, 3.8) is 0 Å². The van der Waals surface area contributed by atoms with Crippen molar-refractivity contribution in [1.82, 2.24) is 14.6 Å². The molecule has 2 fully saturated rings. The summed E-state index contributed by atoms with van der Waals surface area (Å²) in [7, 11) is 0. The van der Waals surface area contributed by atoms with Gasteiger partial charge < -0.3 is 10.6 Å². The van der Waals surface area contributed by atoms with Gasteiger partial charge in [0.05, 0.1) is 6.54 Å². The lowest BCUT2D eigenvalue weighted by Gasteiger charge is -2.28. The van der Waals surface area contributed by atoms with E-state index >= 15 is 0 Å². The molecular formula is C18H22F2N6S2. The molecule has 1 aromatic rings. The van der Waals surface area contributed by atoms with Crippen LogP contribution in [0.3, 0.4) is 0 Å². The number of hydrogen-bond donors (Lipinski definition) is 2. The van der Waals surface area contributed by atoms with Gasteiger partial charge in [0.1, 0.15) is 0 Å². The molecular weight excluding hydrogens is 402 g/mol. The Hall–Kier alpha value is -1.78. The number of nitrogens with two attached hydrogens (primary N) is 1. The second kappa shape index (κ2) is 8.71. The van der Waals surface area contributed by atoms with Crippen LogP contribution in [0.2, 0.25) is 0 Å². The number of halogens is 2. The number of fused-ring (bicyclic) bond motifs is 1. The lowest BCUT2D eigenvalue weighted by atomic mass is 10.00. The van der Waals surface area contributed by atoms with Crippen LogP contribution in [0.15, 0.2) is 44.6 Å². The molecule has 1 atom stereocenters. The molecule has 0 bridgehead atoms. The third kappa shape index (κ3) is 4.44. The van der Waals surface area contributed by atoms with E-state index < -0.39 is 6.55 Å². The van der Waals surface area contributed by atoms with Crippen LogP contribution in [0.25, 0.3) is 0 Å². The van der Waals surface area contributed by atoms with Crippen molar-refractivity contribution in [2.75, 3.05) is 19.6 Å². The second-order valence-electron chi connectivity index (χ2n) is 6.93. The van der Waals surface area contributed by atoms with Crippen LogP contribution in [-0.4, -0.2) is 53.4 Å². The average Bonchev–Trinajstić information content (AvgIpc) is 3.17. The van der Waals surface area contributed by atoms with Gasteiger partial charge in [-0.1, -0.05) is 11.9 Å². The van der Waals surface area contributed by atoms with Crippen molar-refractivity contribution in [3.8, 4) is 0 Å². The Morgan fingerprint density at radius 2 is 2.36 bits per heavy atom. The number of aliphatic imine (C=N–C) groups is 2. The highest BCUT2D eigenvalue weighted by Gasteiger charge is 2.36. The van der Waals surface area contributed by atoms with Crippen LogP contribution in [0.4, 0.5) is 8.78 Å². The number of rotatable bonds is 8. The van der Waals surface area contributed by atoms with Crippen molar-refractivity contribution in [3.05, 3.63) is 39.6 Å². The van der Waals surface area contributed by atoms with E-state index in [2.05, 4.69) is 19.6 Å². The molecule has 6 nitrogen and oxygen atoms in total.